The van der Waals surface area contributed by atoms with E-state index in [0.29, 0.717) is 29.7 Å². The number of benzene rings is 4. The van der Waals surface area contributed by atoms with Crippen LogP contribution in [-0.2, 0) is 6.42 Å². The second-order valence-electron chi connectivity index (χ2n) is 18.0. The molecular formula is C50H59N3Si+2. The van der Waals surface area contributed by atoms with Crippen LogP contribution in [0, 0.1) is 5.92 Å². The minimum absolute atomic E-state index is 0.347. The van der Waals surface area contributed by atoms with E-state index >= 15 is 0 Å². The zero-order valence-corrected chi connectivity index (χ0v) is 35.2. The van der Waals surface area contributed by atoms with Gasteiger partial charge in [0.05, 0.1) is 26.0 Å². The van der Waals surface area contributed by atoms with Gasteiger partial charge in [-0.15, -0.1) is 0 Å². The number of nitrogens with zero attached hydrogens (tertiary/aromatic N) is 3. The molecule has 276 valence electrons. The Balaban J connectivity index is 1.35. The molecule has 8 rings (SSSR count). The molecule has 54 heavy (non-hydrogen) atoms. The van der Waals surface area contributed by atoms with Crippen molar-refractivity contribution in [2.24, 2.45) is 5.92 Å². The van der Waals surface area contributed by atoms with E-state index < -0.39 is 8.07 Å². The number of pyridine rings is 1. The Morgan fingerprint density at radius 1 is 0.759 bits per heavy atom. The average Bonchev–Trinajstić information content (AvgIpc) is 3.73. The normalized spacial score (nSPS) is 16.8. The summed E-state index contributed by atoms with van der Waals surface area (Å²) in [4.78, 5) is 0. The highest BCUT2D eigenvalue weighted by Crippen LogP contribution is 2.51. The summed E-state index contributed by atoms with van der Waals surface area (Å²) in [7, 11) is -1.61. The molecule has 4 aromatic carbocycles. The quantitative estimate of drug-likeness (QED) is 0.104. The van der Waals surface area contributed by atoms with E-state index in [2.05, 4.69) is 191 Å². The maximum atomic E-state index is 2.73. The average molecular weight is 730 g/mol. The number of hydrogen-bond donors (Lipinski definition) is 0. The molecule has 0 bridgehead atoms. The van der Waals surface area contributed by atoms with Crippen molar-refractivity contribution in [1.29, 1.82) is 0 Å². The highest BCUT2D eigenvalue weighted by molar-refractivity contribution is 6.89. The molecule has 0 radical (unpaired) electrons. The summed E-state index contributed by atoms with van der Waals surface area (Å²) in [6.45, 7) is 24.1. The van der Waals surface area contributed by atoms with Crippen LogP contribution < -0.4 is 14.3 Å². The lowest BCUT2D eigenvalue weighted by Gasteiger charge is -2.30. The van der Waals surface area contributed by atoms with Gasteiger partial charge in [0.2, 0.25) is 5.69 Å². The summed E-state index contributed by atoms with van der Waals surface area (Å²) >= 11 is 0. The molecule has 0 saturated heterocycles. The van der Waals surface area contributed by atoms with Crippen LogP contribution in [0.2, 0.25) is 19.6 Å². The first kappa shape index (κ1) is 36.4. The first-order valence-electron chi connectivity index (χ1n) is 20.5. The minimum Gasteiger partial charge on any atom is -0.198 e. The smallest absolute Gasteiger partial charge is 0.198 e. The monoisotopic (exact) mass is 729 g/mol. The third kappa shape index (κ3) is 6.11. The minimum atomic E-state index is -1.61. The summed E-state index contributed by atoms with van der Waals surface area (Å²) in [5.74, 6) is 1.69. The van der Waals surface area contributed by atoms with Crippen molar-refractivity contribution in [1.82, 2.24) is 4.57 Å². The van der Waals surface area contributed by atoms with E-state index in [9.17, 15) is 0 Å². The van der Waals surface area contributed by atoms with Gasteiger partial charge < -0.3 is 0 Å². The summed E-state index contributed by atoms with van der Waals surface area (Å²) in [5.41, 5.74) is 18.2. The molecule has 2 aliphatic rings. The Hall–Kier alpha value is -4.54. The van der Waals surface area contributed by atoms with Crippen LogP contribution in [0.5, 0.6) is 0 Å². The molecule has 0 amide bonds. The van der Waals surface area contributed by atoms with Crippen molar-refractivity contribution in [2.45, 2.75) is 111 Å². The zero-order valence-electron chi connectivity index (χ0n) is 34.2. The van der Waals surface area contributed by atoms with Crippen LogP contribution in [0.4, 0.5) is 0 Å². The second kappa shape index (κ2) is 13.9. The number of hydrogen-bond acceptors (Lipinski definition) is 0. The van der Waals surface area contributed by atoms with Crippen LogP contribution in [0.25, 0.3) is 44.8 Å². The van der Waals surface area contributed by atoms with Crippen molar-refractivity contribution < 1.29 is 9.13 Å². The summed E-state index contributed by atoms with van der Waals surface area (Å²) in [5, 5.41) is 1.62. The topological polar surface area (TPSA) is 12.7 Å². The third-order valence-corrected chi connectivity index (χ3v) is 14.2. The second-order valence-corrected chi connectivity index (χ2v) is 23.1. The van der Waals surface area contributed by atoms with E-state index in [1.54, 1.807) is 16.3 Å². The molecule has 1 aliphatic heterocycles. The van der Waals surface area contributed by atoms with Gasteiger partial charge in [0.1, 0.15) is 11.4 Å². The number of aromatic nitrogens is 3. The van der Waals surface area contributed by atoms with Crippen LogP contribution in [-0.4, -0.2) is 12.6 Å². The molecule has 0 N–H and O–H groups in total. The number of allylic oxidation sites excluding steroid dienone is 2. The van der Waals surface area contributed by atoms with Gasteiger partial charge in [0, 0.05) is 22.4 Å². The Morgan fingerprint density at radius 3 is 2.06 bits per heavy atom. The van der Waals surface area contributed by atoms with Gasteiger partial charge in [-0.25, -0.2) is 0 Å². The summed E-state index contributed by atoms with van der Waals surface area (Å²) in [6.07, 6.45) is 8.23. The van der Waals surface area contributed by atoms with Crippen molar-refractivity contribution in [3.8, 4) is 28.1 Å². The van der Waals surface area contributed by atoms with Gasteiger partial charge in [-0.3, -0.25) is 0 Å². The lowest BCUT2D eigenvalue weighted by Crippen LogP contribution is -2.53. The largest absolute Gasteiger partial charge is 0.254 e. The highest BCUT2D eigenvalue weighted by Gasteiger charge is 2.50. The molecular weight excluding hydrogens is 671 g/mol. The highest BCUT2D eigenvalue weighted by atomic mass is 28.3. The van der Waals surface area contributed by atoms with Crippen molar-refractivity contribution in [3.63, 3.8) is 0 Å². The van der Waals surface area contributed by atoms with Gasteiger partial charge in [-0.2, -0.15) is 13.7 Å². The first-order chi connectivity index (χ1) is 25.9. The van der Waals surface area contributed by atoms with E-state index in [-0.39, 0.29) is 0 Å². The lowest BCUT2D eigenvalue weighted by atomic mass is 9.80. The van der Waals surface area contributed by atoms with Crippen molar-refractivity contribution >= 4 is 30.0 Å². The lowest BCUT2D eigenvalue weighted by molar-refractivity contribution is -0.715. The number of imidazole rings is 1. The number of fused-ring (bicyclic) bond motifs is 7. The predicted octanol–water partition coefficient (Wildman–Crippen LogP) is 11.9. The fourth-order valence-electron chi connectivity index (χ4n) is 9.72. The standard InChI is InChI=1S/C50H59N3Si/c1-11-38-46(29-47-49(38)40-22-16-15-21-39(40)45-28-37(25-32(2)3)48(30-51(45)47)54(8,9)10)52-31-53(44-24-18-17-23-43(44)52)50-41(33(4)5)26-36(27-42(50)34(6)7)35-19-13-12-14-20-35/h12-24,26-28,30-34,47,49H,11,25,29H2,1-10H3/q+2. The van der Waals surface area contributed by atoms with Gasteiger partial charge in [-0.1, -0.05) is 129 Å². The van der Waals surface area contributed by atoms with Crippen molar-refractivity contribution in [3.05, 3.63) is 137 Å². The molecule has 4 heteroatoms. The molecule has 2 aromatic heterocycles. The summed E-state index contributed by atoms with van der Waals surface area (Å²) in [6, 6.07) is 37.2. The fraction of sp³-hybridized carbons (Fsp3) is 0.360. The number of rotatable bonds is 9. The molecule has 6 aromatic rings. The van der Waals surface area contributed by atoms with Gasteiger partial charge >= 0.3 is 0 Å². The molecule has 0 fully saturated rings. The fourth-order valence-corrected chi connectivity index (χ4v) is 11.4. The molecule has 2 atom stereocenters. The predicted molar refractivity (Wildman–Crippen MR) is 231 cm³/mol. The van der Waals surface area contributed by atoms with Crippen LogP contribution in [0.1, 0.15) is 107 Å². The zero-order chi connectivity index (χ0) is 38.1. The van der Waals surface area contributed by atoms with E-state index in [1.807, 2.05) is 0 Å². The van der Waals surface area contributed by atoms with E-state index in [1.165, 1.54) is 61.5 Å². The Kier molecular flexibility index (Phi) is 9.41. The third-order valence-electron chi connectivity index (χ3n) is 12.2. The Labute approximate surface area is 325 Å². The molecule has 0 saturated carbocycles. The maximum Gasteiger partial charge on any atom is 0.254 e. The van der Waals surface area contributed by atoms with Gasteiger partial charge in [-0.05, 0) is 88.8 Å². The Bertz CT molecular complexity index is 2370. The summed E-state index contributed by atoms with van der Waals surface area (Å²) < 4.78 is 7.84. The Morgan fingerprint density at radius 2 is 1.41 bits per heavy atom. The molecule has 3 nitrogen and oxygen atoms in total. The van der Waals surface area contributed by atoms with Crippen LogP contribution in [0.3, 0.4) is 0 Å². The molecule has 2 unspecified atom stereocenters. The van der Waals surface area contributed by atoms with Crippen LogP contribution in [0.15, 0.2) is 115 Å². The first-order valence-corrected chi connectivity index (χ1v) is 24.0. The molecule has 3 heterocycles. The number of para-hydroxylation sites is 2. The van der Waals surface area contributed by atoms with Gasteiger partial charge in [0.15, 0.2) is 23.3 Å². The maximum absolute atomic E-state index is 2.73. The SMILES string of the molecule is CCC1=C([n+]2cn(-c3c(C(C)C)cc(-c4ccccc4)cc3C(C)C)c3ccccc32)CC2C1c1ccccc1-c1cc(CC(C)C)c([Si](C)(C)C)c[n+]12. The van der Waals surface area contributed by atoms with Crippen molar-refractivity contribution in [2.75, 3.05) is 0 Å². The van der Waals surface area contributed by atoms with Gasteiger partial charge in [0.25, 0.3) is 6.33 Å². The van der Waals surface area contributed by atoms with Crippen LogP contribution >= 0.6 is 0 Å². The van der Waals surface area contributed by atoms with E-state index in [0.717, 1.165) is 19.3 Å². The molecule has 1 aliphatic carbocycles. The van der Waals surface area contributed by atoms with E-state index in [4.69, 9.17) is 0 Å². The molecule has 0 spiro atoms.